The van der Waals surface area contributed by atoms with Crippen LogP contribution in [0.3, 0.4) is 0 Å². The van der Waals surface area contributed by atoms with Gasteiger partial charge in [-0.25, -0.2) is 0 Å². The number of hydrogen-bond donors (Lipinski definition) is 1. The number of halogens is 4. The number of nitrogen functional groups attached to an aromatic ring is 1. The average molecular weight is 354 g/mol. The van der Waals surface area contributed by atoms with Crippen LogP contribution in [0.25, 0.3) is 10.9 Å². The number of rotatable bonds is 2. The van der Waals surface area contributed by atoms with Crippen LogP contribution in [0.15, 0.2) is 24.3 Å². The Morgan fingerprint density at radius 3 is 2.65 bits per heavy atom. The highest BCUT2D eigenvalue weighted by Gasteiger charge is 2.27. The number of aryl methyl sites for hydroxylation is 1. The van der Waals surface area contributed by atoms with Gasteiger partial charge in [-0.3, -0.25) is 0 Å². The molecule has 0 fully saturated rings. The third-order valence-electron chi connectivity index (χ3n) is 2.55. The molecule has 92 valence electrons. The molecular weight excluding hydrogens is 344 g/mol. The molecule has 1 aromatic heterocycles. The second kappa shape index (κ2) is 4.40. The summed E-state index contributed by atoms with van der Waals surface area (Å²) in [6.07, 6.45) is -4.97. The van der Waals surface area contributed by atoms with Crippen LogP contribution >= 0.6 is 22.6 Å². The van der Waals surface area contributed by atoms with E-state index in [4.69, 9.17) is 5.73 Å². The fraction of sp³-hybridized carbons (Fsp3) is 0.273. The number of alkyl halides is 3. The lowest BCUT2D eigenvalue weighted by molar-refractivity contribution is -0.136. The zero-order chi connectivity index (χ0) is 12.6. The summed E-state index contributed by atoms with van der Waals surface area (Å²) < 4.78 is 39.1. The van der Waals surface area contributed by atoms with Crippen molar-refractivity contribution in [2.24, 2.45) is 0 Å². The molecule has 2 N–H and O–H groups in total. The lowest BCUT2D eigenvalue weighted by Gasteiger charge is -2.10. The number of hydrogen-bond acceptors (Lipinski definition) is 1. The molecule has 0 aliphatic heterocycles. The fourth-order valence-corrected chi connectivity index (χ4v) is 2.55. The van der Waals surface area contributed by atoms with Gasteiger partial charge in [-0.2, -0.15) is 13.2 Å². The van der Waals surface area contributed by atoms with Gasteiger partial charge in [0.15, 0.2) is 0 Å². The van der Waals surface area contributed by atoms with Crippen LogP contribution < -0.4 is 5.73 Å². The molecule has 0 atom stereocenters. The highest BCUT2D eigenvalue weighted by Crippen LogP contribution is 2.28. The van der Waals surface area contributed by atoms with E-state index in [2.05, 4.69) is 0 Å². The SMILES string of the molecule is Nc1cccc2c1cc(I)n2CCC(F)(F)F. The van der Waals surface area contributed by atoms with Crippen molar-refractivity contribution < 1.29 is 13.2 Å². The molecule has 0 spiro atoms. The van der Waals surface area contributed by atoms with Crippen molar-refractivity contribution in [3.63, 3.8) is 0 Å². The van der Waals surface area contributed by atoms with Crippen molar-refractivity contribution in [1.29, 1.82) is 0 Å². The predicted octanol–water partition coefficient (Wildman–Crippen LogP) is 3.78. The van der Waals surface area contributed by atoms with Crippen molar-refractivity contribution in [3.8, 4) is 0 Å². The molecule has 0 saturated carbocycles. The number of benzene rings is 1. The molecule has 0 radical (unpaired) electrons. The summed E-state index contributed by atoms with van der Waals surface area (Å²) >= 11 is 2.02. The first-order chi connectivity index (χ1) is 7.88. The Morgan fingerprint density at radius 2 is 2.00 bits per heavy atom. The van der Waals surface area contributed by atoms with Gasteiger partial charge in [0.25, 0.3) is 0 Å². The van der Waals surface area contributed by atoms with Gasteiger partial charge in [0.1, 0.15) is 0 Å². The van der Waals surface area contributed by atoms with Crippen molar-refractivity contribution >= 4 is 39.2 Å². The third kappa shape index (κ3) is 2.67. The first-order valence-corrected chi connectivity index (χ1v) is 6.06. The molecule has 0 unspecified atom stereocenters. The van der Waals surface area contributed by atoms with Crippen LogP contribution in [0.4, 0.5) is 18.9 Å². The molecule has 1 heterocycles. The standard InChI is InChI=1S/C11H10F3IN2/c12-11(13,14)4-5-17-9-3-1-2-8(16)7(9)6-10(17)15/h1-3,6H,4-5,16H2. The van der Waals surface area contributed by atoms with Gasteiger partial charge in [0, 0.05) is 17.6 Å². The first kappa shape index (κ1) is 12.5. The van der Waals surface area contributed by atoms with Gasteiger partial charge >= 0.3 is 6.18 Å². The molecule has 0 saturated heterocycles. The number of anilines is 1. The minimum absolute atomic E-state index is 0.0747. The Labute approximate surface area is 110 Å². The van der Waals surface area contributed by atoms with Gasteiger partial charge < -0.3 is 10.3 Å². The lowest BCUT2D eigenvalue weighted by atomic mass is 10.2. The van der Waals surface area contributed by atoms with Gasteiger partial charge in [0.05, 0.1) is 15.6 Å². The van der Waals surface area contributed by atoms with Gasteiger partial charge in [-0.15, -0.1) is 0 Å². The largest absolute Gasteiger partial charge is 0.398 e. The van der Waals surface area contributed by atoms with E-state index in [0.29, 0.717) is 5.69 Å². The minimum Gasteiger partial charge on any atom is -0.398 e. The molecule has 0 bridgehead atoms. The van der Waals surface area contributed by atoms with E-state index in [9.17, 15) is 13.2 Å². The van der Waals surface area contributed by atoms with Crippen LogP contribution in [0.2, 0.25) is 0 Å². The fourth-order valence-electron chi connectivity index (χ4n) is 1.74. The summed E-state index contributed by atoms with van der Waals surface area (Å²) in [7, 11) is 0. The van der Waals surface area contributed by atoms with Gasteiger partial charge in [-0.05, 0) is 40.8 Å². The molecule has 0 aliphatic rings. The van der Waals surface area contributed by atoms with E-state index in [-0.39, 0.29) is 6.54 Å². The van der Waals surface area contributed by atoms with E-state index >= 15 is 0 Å². The van der Waals surface area contributed by atoms with Crippen LogP contribution in [-0.4, -0.2) is 10.7 Å². The Morgan fingerprint density at radius 1 is 1.29 bits per heavy atom. The molecule has 6 heteroatoms. The number of fused-ring (bicyclic) bond motifs is 1. The van der Waals surface area contributed by atoms with E-state index in [1.807, 2.05) is 28.7 Å². The zero-order valence-corrected chi connectivity index (χ0v) is 10.9. The normalized spacial score (nSPS) is 12.2. The molecule has 2 aromatic rings. The monoisotopic (exact) mass is 354 g/mol. The van der Waals surface area contributed by atoms with Crippen molar-refractivity contribution in [2.75, 3.05) is 5.73 Å². The maximum Gasteiger partial charge on any atom is 0.390 e. The third-order valence-corrected chi connectivity index (χ3v) is 3.44. The van der Waals surface area contributed by atoms with Crippen LogP contribution in [0.5, 0.6) is 0 Å². The number of aromatic nitrogens is 1. The number of nitrogens with zero attached hydrogens (tertiary/aromatic N) is 1. The summed E-state index contributed by atoms with van der Waals surface area (Å²) in [5, 5.41) is 0.805. The molecule has 0 aliphatic carbocycles. The van der Waals surface area contributed by atoms with Crippen LogP contribution in [0.1, 0.15) is 6.42 Å². The van der Waals surface area contributed by atoms with E-state index in [1.165, 1.54) is 0 Å². The van der Waals surface area contributed by atoms with Crippen molar-refractivity contribution in [2.45, 2.75) is 19.1 Å². The van der Waals surface area contributed by atoms with Crippen molar-refractivity contribution in [1.82, 2.24) is 4.57 Å². The van der Waals surface area contributed by atoms with Crippen LogP contribution in [-0.2, 0) is 6.54 Å². The molecular formula is C11H10F3IN2. The summed E-state index contributed by atoms with van der Waals surface area (Å²) in [6.45, 7) is -0.0747. The molecule has 2 rings (SSSR count). The Bertz CT molecular complexity index is 545. The Balaban J connectivity index is 2.40. The molecule has 2 nitrogen and oxygen atoms in total. The summed E-state index contributed by atoms with van der Waals surface area (Å²) in [4.78, 5) is 0. The zero-order valence-electron chi connectivity index (χ0n) is 8.76. The second-order valence-corrected chi connectivity index (χ2v) is 4.87. The first-order valence-electron chi connectivity index (χ1n) is 4.98. The van der Waals surface area contributed by atoms with E-state index in [0.717, 1.165) is 14.6 Å². The minimum atomic E-state index is -4.14. The highest BCUT2D eigenvalue weighted by atomic mass is 127. The smallest absolute Gasteiger partial charge is 0.390 e. The van der Waals surface area contributed by atoms with Crippen molar-refractivity contribution in [3.05, 3.63) is 28.0 Å². The molecule has 17 heavy (non-hydrogen) atoms. The van der Waals surface area contributed by atoms with Gasteiger partial charge in [-0.1, -0.05) is 6.07 Å². The maximum absolute atomic E-state index is 12.2. The highest BCUT2D eigenvalue weighted by molar-refractivity contribution is 14.1. The van der Waals surface area contributed by atoms with Gasteiger partial charge in [0.2, 0.25) is 0 Å². The average Bonchev–Trinajstić information content (AvgIpc) is 2.52. The lowest BCUT2D eigenvalue weighted by Crippen LogP contribution is -2.12. The van der Waals surface area contributed by atoms with E-state index in [1.54, 1.807) is 22.8 Å². The molecule has 0 amide bonds. The Kier molecular flexibility index (Phi) is 3.24. The summed E-state index contributed by atoms with van der Waals surface area (Å²) in [5.41, 5.74) is 7.12. The second-order valence-electron chi connectivity index (χ2n) is 3.76. The van der Waals surface area contributed by atoms with Crippen LogP contribution in [0, 0.1) is 3.70 Å². The summed E-state index contributed by atoms with van der Waals surface area (Å²) in [6, 6.07) is 7.08. The number of nitrogens with two attached hydrogens (primary N) is 1. The summed E-state index contributed by atoms with van der Waals surface area (Å²) in [5.74, 6) is 0. The predicted molar refractivity (Wildman–Crippen MR) is 69.7 cm³/mol. The topological polar surface area (TPSA) is 30.9 Å². The Hall–Kier alpha value is -0.920. The maximum atomic E-state index is 12.2. The molecule has 1 aromatic carbocycles. The van der Waals surface area contributed by atoms with E-state index < -0.39 is 12.6 Å². The quantitative estimate of drug-likeness (QED) is 0.646.